The number of rotatable bonds is 3. The third kappa shape index (κ3) is 2.40. The number of carbonyl (C=O) groups excluding carboxylic acids is 1. The maximum atomic E-state index is 13.0. The molecule has 0 saturated heterocycles. The van der Waals surface area contributed by atoms with Crippen LogP contribution >= 0.6 is 0 Å². The smallest absolute Gasteiger partial charge is 0.189 e. The van der Waals surface area contributed by atoms with Crippen LogP contribution in [0.5, 0.6) is 0 Å². The predicted octanol–water partition coefficient (Wildman–Crippen LogP) is 4.93. The molecule has 3 aromatic rings. The van der Waals surface area contributed by atoms with Gasteiger partial charge in [0.05, 0.1) is 0 Å². The lowest BCUT2D eigenvalue weighted by molar-refractivity contribution is 0.103. The second kappa shape index (κ2) is 5.69. The number of carbonyl (C=O) groups is 1. The van der Waals surface area contributed by atoms with Gasteiger partial charge in [0.15, 0.2) is 5.78 Å². The molecule has 110 valence electrons. The Balaban J connectivity index is 1.90. The van der Waals surface area contributed by atoms with Gasteiger partial charge in [-0.1, -0.05) is 84.9 Å². The third-order valence-corrected chi connectivity index (χ3v) is 4.33. The van der Waals surface area contributed by atoms with E-state index in [1.54, 1.807) is 0 Å². The van der Waals surface area contributed by atoms with Crippen molar-refractivity contribution in [3.05, 3.63) is 113 Å². The van der Waals surface area contributed by atoms with Crippen molar-refractivity contribution < 1.29 is 4.79 Å². The summed E-state index contributed by atoms with van der Waals surface area (Å²) in [4.78, 5) is 13.0. The molecule has 1 aliphatic carbocycles. The highest BCUT2D eigenvalue weighted by Crippen LogP contribution is 2.38. The molecule has 0 spiro atoms. The standard InChI is InChI=1S/C22H16O/c23-22(17-11-5-2-6-12-17)20-15-18-13-7-8-14-19(18)21(20)16-9-3-1-4-10-16/h1-14H,15H2. The summed E-state index contributed by atoms with van der Waals surface area (Å²) >= 11 is 0. The van der Waals surface area contributed by atoms with E-state index in [2.05, 4.69) is 24.3 Å². The molecule has 4 rings (SSSR count). The molecule has 1 aliphatic rings. The van der Waals surface area contributed by atoms with Gasteiger partial charge < -0.3 is 0 Å². The van der Waals surface area contributed by atoms with Gasteiger partial charge in [-0.2, -0.15) is 0 Å². The average molecular weight is 296 g/mol. The number of Topliss-reactive ketones (excluding diaryl/α,β-unsaturated/α-hetero) is 1. The molecule has 0 unspecified atom stereocenters. The fourth-order valence-corrected chi connectivity index (χ4v) is 3.25. The minimum atomic E-state index is 0.126. The van der Waals surface area contributed by atoms with E-state index in [0.717, 1.165) is 22.3 Å². The summed E-state index contributed by atoms with van der Waals surface area (Å²) in [6, 6.07) is 28.1. The van der Waals surface area contributed by atoms with Crippen LogP contribution in [0.2, 0.25) is 0 Å². The van der Waals surface area contributed by atoms with Crippen LogP contribution in [-0.4, -0.2) is 5.78 Å². The van der Waals surface area contributed by atoms with Crippen LogP contribution in [0.4, 0.5) is 0 Å². The second-order valence-electron chi connectivity index (χ2n) is 5.75. The number of fused-ring (bicyclic) bond motifs is 1. The fourth-order valence-electron chi connectivity index (χ4n) is 3.25. The van der Waals surface area contributed by atoms with Gasteiger partial charge in [0, 0.05) is 17.6 Å². The number of ketones is 1. The molecule has 0 amide bonds. The highest BCUT2D eigenvalue weighted by Gasteiger charge is 2.27. The van der Waals surface area contributed by atoms with Gasteiger partial charge in [0.25, 0.3) is 0 Å². The molecule has 0 radical (unpaired) electrons. The van der Waals surface area contributed by atoms with Crippen LogP contribution in [-0.2, 0) is 6.42 Å². The number of benzene rings is 3. The van der Waals surface area contributed by atoms with E-state index < -0.39 is 0 Å². The van der Waals surface area contributed by atoms with Gasteiger partial charge in [0.2, 0.25) is 0 Å². The minimum absolute atomic E-state index is 0.126. The van der Waals surface area contributed by atoms with E-state index in [1.165, 1.54) is 11.1 Å². The van der Waals surface area contributed by atoms with Crippen molar-refractivity contribution in [2.24, 2.45) is 0 Å². The Labute approximate surface area is 135 Å². The number of hydrogen-bond donors (Lipinski definition) is 0. The normalized spacial score (nSPS) is 13.0. The van der Waals surface area contributed by atoms with Gasteiger partial charge in [-0.05, 0) is 22.3 Å². The van der Waals surface area contributed by atoms with E-state index >= 15 is 0 Å². The maximum absolute atomic E-state index is 13.0. The first-order valence-electron chi connectivity index (χ1n) is 7.81. The van der Waals surface area contributed by atoms with Crippen molar-refractivity contribution in [1.29, 1.82) is 0 Å². The molecule has 0 heterocycles. The van der Waals surface area contributed by atoms with Crippen LogP contribution in [0.15, 0.2) is 90.5 Å². The predicted molar refractivity (Wildman–Crippen MR) is 93.4 cm³/mol. The van der Waals surface area contributed by atoms with Gasteiger partial charge in [-0.25, -0.2) is 0 Å². The van der Waals surface area contributed by atoms with Crippen LogP contribution < -0.4 is 0 Å². The molecule has 0 atom stereocenters. The molecule has 0 fully saturated rings. The first kappa shape index (κ1) is 13.7. The van der Waals surface area contributed by atoms with Crippen molar-refractivity contribution >= 4 is 11.4 Å². The lowest BCUT2D eigenvalue weighted by Crippen LogP contribution is -2.05. The Morgan fingerprint density at radius 3 is 2.04 bits per heavy atom. The number of allylic oxidation sites excluding steroid dienone is 1. The summed E-state index contributed by atoms with van der Waals surface area (Å²) < 4.78 is 0. The molecule has 0 saturated carbocycles. The van der Waals surface area contributed by atoms with E-state index in [9.17, 15) is 4.79 Å². The molecule has 1 nitrogen and oxygen atoms in total. The van der Waals surface area contributed by atoms with E-state index in [-0.39, 0.29) is 5.78 Å². The zero-order valence-corrected chi connectivity index (χ0v) is 12.7. The van der Waals surface area contributed by atoms with E-state index in [0.29, 0.717) is 6.42 Å². The highest BCUT2D eigenvalue weighted by atomic mass is 16.1. The Morgan fingerprint density at radius 2 is 1.30 bits per heavy atom. The molecular formula is C22H16O. The maximum Gasteiger partial charge on any atom is 0.189 e. The van der Waals surface area contributed by atoms with Crippen molar-refractivity contribution in [3.63, 3.8) is 0 Å². The summed E-state index contributed by atoms with van der Waals surface area (Å²) in [6.07, 6.45) is 0.703. The molecular weight excluding hydrogens is 280 g/mol. The van der Waals surface area contributed by atoms with E-state index in [1.807, 2.05) is 60.7 Å². The Kier molecular flexibility index (Phi) is 3.39. The van der Waals surface area contributed by atoms with Crippen molar-refractivity contribution in [2.45, 2.75) is 6.42 Å². The highest BCUT2D eigenvalue weighted by molar-refractivity contribution is 6.16. The lowest BCUT2D eigenvalue weighted by Gasteiger charge is -2.09. The first-order chi connectivity index (χ1) is 11.3. The van der Waals surface area contributed by atoms with E-state index in [4.69, 9.17) is 0 Å². The Morgan fingerprint density at radius 1 is 0.696 bits per heavy atom. The van der Waals surface area contributed by atoms with Gasteiger partial charge >= 0.3 is 0 Å². The summed E-state index contributed by atoms with van der Waals surface area (Å²) in [5, 5.41) is 0. The van der Waals surface area contributed by atoms with Crippen molar-refractivity contribution in [1.82, 2.24) is 0 Å². The van der Waals surface area contributed by atoms with Crippen molar-refractivity contribution in [3.8, 4) is 0 Å². The summed E-state index contributed by atoms with van der Waals surface area (Å²) in [5.74, 6) is 0.126. The SMILES string of the molecule is O=C(C1=C(c2ccccc2)c2ccccc2C1)c1ccccc1. The number of hydrogen-bond acceptors (Lipinski definition) is 1. The summed E-state index contributed by atoms with van der Waals surface area (Å²) in [5.41, 5.74) is 6.24. The van der Waals surface area contributed by atoms with Gasteiger partial charge in [0.1, 0.15) is 0 Å². The quantitative estimate of drug-likeness (QED) is 0.626. The Hall–Kier alpha value is -2.93. The molecule has 0 aromatic heterocycles. The minimum Gasteiger partial charge on any atom is -0.289 e. The second-order valence-corrected chi connectivity index (χ2v) is 5.75. The molecule has 0 aliphatic heterocycles. The Bertz CT molecular complexity index is 890. The largest absolute Gasteiger partial charge is 0.289 e. The van der Waals surface area contributed by atoms with Gasteiger partial charge in [-0.3, -0.25) is 4.79 Å². The van der Waals surface area contributed by atoms with Crippen LogP contribution in [0.25, 0.3) is 5.57 Å². The molecule has 0 bridgehead atoms. The lowest BCUT2D eigenvalue weighted by atomic mass is 9.94. The molecule has 0 N–H and O–H groups in total. The first-order valence-corrected chi connectivity index (χ1v) is 7.81. The van der Waals surface area contributed by atoms with Gasteiger partial charge in [-0.15, -0.1) is 0 Å². The van der Waals surface area contributed by atoms with Crippen LogP contribution in [0, 0.1) is 0 Å². The zero-order valence-electron chi connectivity index (χ0n) is 12.7. The van der Waals surface area contributed by atoms with Crippen molar-refractivity contribution in [2.75, 3.05) is 0 Å². The monoisotopic (exact) mass is 296 g/mol. The molecule has 1 heteroatoms. The molecule has 23 heavy (non-hydrogen) atoms. The van der Waals surface area contributed by atoms with Crippen LogP contribution in [0.1, 0.15) is 27.0 Å². The van der Waals surface area contributed by atoms with Crippen LogP contribution in [0.3, 0.4) is 0 Å². The topological polar surface area (TPSA) is 17.1 Å². The zero-order chi connectivity index (χ0) is 15.6. The average Bonchev–Trinajstić information content (AvgIpc) is 3.02. The summed E-state index contributed by atoms with van der Waals surface area (Å²) in [7, 11) is 0. The molecule has 3 aromatic carbocycles. The third-order valence-electron chi connectivity index (χ3n) is 4.33. The summed E-state index contributed by atoms with van der Waals surface area (Å²) in [6.45, 7) is 0. The fraction of sp³-hybridized carbons (Fsp3) is 0.0455.